The highest BCUT2D eigenvalue weighted by atomic mass is 79.9. The van der Waals surface area contributed by atoms with Gasteiger partial charge in [-0.2, -0.15) is 8.42 Å². The van der Waals surface area contributed by atoms with Crippen molar-refractivity contribution in [2.75, 3.05) is 19.5 Å². The smallest absolute Gasteiger partial charge is 0.264 e. The van der Waals surface area contributed by atoms with Crippen LogP contribution in [-0.4, -0.2) is 27.9 Å². The summed E-state index contributed by atoms with van der Waals surface area (Å²) in [5.74, 6) is -0.127. The molecular weight excluding hydrogens is 303 g/mol. The first-order chi connectivity index (χ1) is 7.37. The zero-order valence-electron chi connectivity index (χ0n) is 8.44. The summed E-state index contributed by atoms with van der Waals surface area (Å²) in [6.07, 6.45) is 0.950. The molecule has 1 aromatic carbocycles. The van der Waals surface area contributed by atoms with E-state index in [9.17, 15) is 12.8 Å². The summed E-state index contributed by atoms with van der Waals surface area (Å²) < 4.78 is 44.2. The lowest BCUT2D eigenvalue weighted by Gasteiger charge is -2.06. The van der Waals surface area contributed by atoms with Gasteiger partial charge in [-0.1, -0.05) is 15.9 Å². The topological polar surface area (TPSA) is 52.6 Å². The Bertz CT molecular complexity index is 440. The molecule has 16 heavy (non-hydrogen) atoms. The molecule has 0 saturated heterocycles. The minimum atomic E-state index is -3.46. The summed E-state index contributed by atoms with van der Waals surface area (Å²) >= 11 is 3.11. The van der Waals surface area contributed by atoms with Crippen LogP contribution < -0.4 is 4.74 Å². The Morgan fingerprint density at radius 1 is 1.31 bits per heavy atom. The molecule has 0 unspecified atom stereocenters. The molecule has 0 fully saturated rings. The fraction of sp³-hybridized carbons (Fsp3) is 0.333. The second-order valence-electron chi connectivity index (χ2n) is 2.98. The standard InChI is InChI=1S/C9H10BrFO4S/c1-16(12,13)15-3-2-14-9-5-7(10)4-8(11)6-9/h4-6H,2-3H2,1H3. The van der Waals surface area contributed by atoms with Crippen LogP contribution in [-0.2, 0) is 14.3 Å². The van der Waals surface area contributed by atoms with Gasteiger partial charge in [-0.25, -0.2) is 4.39 Å². The van der Waals surface area contributed by atoms with Gasteiger partial charge in [0.05, 0.1) is 6.26 Å². The molecule has 0 spiro atoms. The maximum atomic E-state index is 12.9. The Kier molecular flexibility index (Phi) is 4.69. The molecule has 0 atom stereocenters. The highest BCUT2D eigenvalue weighted by Gasteiger charge is 2.03. The second-order valence-corrected chi connectivity index (χ2v) is 5.54. The van der Waals surface area contributed by atoms with E-state index in [-0.39, 0.29) is 13.2 Å². The molecule has 0 bridgehead atoms. The Balaban J connectivity index is 2.43. The third kappa shape index (κ3) is 5.43. The molecule has 0 aromatic heterocycles. The predicted octanol–water partition coefficient (Wildman–Crippen LogP) is 1.94. The van der Waals surface area contributed by atoms with Crippen LogP contribution in [0.4, 0.5) is 4.39 Å². The maximum absolute atomic E-state index is 12.9. The summed E-state index contributed by atoms with van der Waals surface area (Å²) in [5, 5.41) is 0. The summed E-state index contributed by atoms with van der Waals surface area (Å²) in [4.78, 5) is 0. The maximum Gasteiger partial charge on any atom is 0.264 e. The van der Waals surface area contributed by atoms with E-state index in [0.717, 1.165) is 6.26 Å². The number of ether oxygens (including phenoxy) is 1. The summed E-state index contributed by atoms with van der Waals surface area (Å²) in [6, 6.07) is 4.06. The monoisotopic (exact) mass is 312 g/mol. The molecule has 0 radical (unpaired) electrons. The second kappa shape index (κ2) is 5.60. The number of halogens is 2. The van der Waals surface area contributed by atoms with Crippen LogP contribution in [0.2, 0.25) is 0 Å². The van der Waals surface area contributed by atoms with E-state index < -0.39 is 15.9 Å². The lowest BCUT2D eigenvalue weighted by atomic mass is 10.3. The Morgan fingerprint density at radius 2 is 2.00 bits per heavy atom. The van der Waals surface area contributed by atoms with Crippen LogP contribution in [0.15, 0.2) is 22.7 Å². The lowest BCUT2D eigenvalue weighted by Crippen LogP contribution is -2.11. The third-order valence-electron chi connectivity index (χ3n) is 1.49. The van der Waals surface area contributed by atoms with Gasteiger partial charge in [-0.15, -0.1) is 0 Å². The molecular formula is C9H10BrFO4S. The van der Waals surface area contributed by atoms with Crippen LogP contribution in [0.1, 0.15) is 0 Å². The molecule has 4 nitrogen and oxygen atoms in total. The molecule has 0 amide bonds. The Labute approximate surface area is 102 Å². The molecule has 7 heteroatoms. The van der Waals surface area contributed by atoms with Crippen molar-refractivity contribution in [2.24, 2.45) is 0 Å². The molecule has 1 rings (SSSR count). The number of hydrogen-bond acceptors (Lipinski definition) is 4. The lowest BCUT2D eigenvalue weighted by molar-refractivity contribution is 0.222. The molecule has 90 valence electrons. The van der Waals surface area contributed by atoms with Gasteiger partial charge in [0.2, 0.25) is 0 Å². The van der Waals surface area contributed by atoms with Gasteiger partial charge < -0.3 is 4.74 Å². The van der Waals surface area contributed by atoms with Gasteiger partial charge in [0.15, 0.2) is 0 Å². The third-order valence-corrected chi connectivity index (χ3v) is 2.54. The van der Waals surface area contributed by atoms with Crippen molar-refractivity contribution in [1.29, 1.82) is 0 Å². The van der Waals surface area contributed by atoms with Crippen molar-refractivity contribution < 1.29 is 21.7 Å². The van der Waals surface area contributed by atoms with Crippen molar-refractivity contribution in [3.63, 3.8) is 0 Å². The molecule has 0 N–H and O–H groups in total. The minimum absolute atomic E-state index is 0.0307. The van der Waals surface area contributed by atoms with E-state index in [1.54, 1.807) is 6.07 Å². The van der Waals surface area contributed by atoms with Crippen molar-refractivity contribution in [2.45, 2.75) is 0 Å². The van der Waals surface area contributed by atoms with Gasteiger partial charge in [0.1, 0.15) is 24.8 Å². The van der Waals surface area contributed by atoms with Crippen molar-refractivity contribution >= 4 is 26.0 Å². The van der Waals surface area contributed by atoms with E-state index in [0.29, 0.717) is 10.2 Å². The molecule has 0 heterocycles. The average molecular weight is 313 g/mol. The van der Waals surface area contributed by atoms with E-state index >= 15 is 0 Å². The van der Waals surface area contributed by atoms with Crippen molar-refractivity contribution in [3.05, 3.63) is 28.5 Å². The van der Waals surface area contributed by atoms with Crippen molar-refractivity contribution in [3.8, 4) is 5.75 Å². The van der Waals surface area contributed by atoms with Gasteiger partial charge in [0.25, 0.3) is 10.1 Å². The van der Waals surface area contributed by atoms with Crippen molar-refractivity contribution in [1.82, 2.24) is 0 Å². The fourth-order valence-corrected chi connectivity index (χ4v) is 1.77. The SMILES string of the molecule is CS(=O)(=O)OCCOc1cc(F)cc(Br)c1. The summed E-state index contributed by atoms with van der Waals surface area (Å²) in [5.41, 5.74) is 0. The van der Waals surface area contributed by atoms with Crippen LogP contribution in [0, 0.1) is 5.82 Å². The van der Waals surface area contributed by atoms with E-state index in [4.69, 9.17) is 4.74 Å². The highest BCUT2D eigenvalue weighted by molar-refractivity contribution is 9.10. The Hall–Kier alpha value is -0.660. The normalized spacial score (nSPS) is 11.4. The van der Waals surface area contributed by atoms with Crippen LogP contribution in [0.25, 0.3) is 0 Å². The minimum Gasteiger partial charge on any atom is -0.491 e. The largest absolute Gasteiger partial charge is 0.491 e. The summed E-state index contributed by atoms with van der Waals surface area (Å²) in [6.45, 7) is -0.0735. The Morgan fingerprint density at radius 3 is 2.56 bits per heavy atom. The van der Waals surface area contributed by atoms with E-state index in [1.165, 1.54) is 12.1 Å². The zero-order valence-corrected chi connectivity index (χ0v) is 10.8. The molecule has 0 saturated carbocycles. The first-order valence-electron chi connectivity index (χ1n) is 4.30. The number of benzene rings is 1. The highest BCUT2D eigenvalue weighted by Crippen LogP contribution is 2.20. The fourth-order valence-electron chi connectivity index (χ4n) is 0.957. The van der Waals surface area contributed by atoms with Gasteiger partial charge in [-0.05, 0) is 12.1 Å². The summed E-state index contributed by atoms with van der Waals surface area (Å²) in [7, 11) is -3.46. The molecule has 0 aliphatic rings. The first kappa shape index (κ1) is 13.4. The van der Waals surface area contributed by atoms with Crippen LogP contribution >= 0.6 is 15.9 Å². The molecule has 0 aliphatic heterocycles. The first-order valence-corrected chi connectivity index (χ1v) is 6.91. The molecule has 0 aliphatic carbocycles. The molecule has 1 aromatic rings. The van der Waals surface area contributed by atoms with Gasteiger partial charge in [0, 0.05) is 10.5 Å². The predicted molar refractivity (Wildman–Crippen MR) is 60.4 cm³/mol. The van der Waals surface area contributed by atoms with E-state index in [2.05, 4.69) is 20.1 Å². The number of hydrogen-bond donors (Lipinski definition) is 0. The quantitative estimate of drug-likeness (QED) is 0.616. The zero-order chi connectivity index (χ0) is 12.2. The number of rotatable bonds is 5. The van der Waals surface area contributed by atoms with E-state index in [1.807, 2.05) is 0 Å². The van der Waals surface area contributed by atoms with Crippen LogP contribution in [0.5, 0.6) is 5.75 Å². The van der Waals surface area contributed by atoms with Gasteiger partial charge >= 0.3 is 0 Å². The van der Waals surface area contributed by atoms with Gasteiger partial charge in [-0.3, -0.25) is 4.18 Å². The van der Waals surface area contributed by atoms with Crippen LogP contribution in [0.3, 0.4) is 0 Å². The average Bonchev–Trinajstić information content (AvgIpc) is 2.09.